The van der Waals surface area contributed by atoms with E-state index in [2.05, 4.69) is 0 Å². The van der Waals surface area contributed by atoms with Gasteiger partial charge in [0.1, 0.15) is 0 Å². The number of hydrogen-bond acceptors (Lipinski definition) is 2. The van der Waals surface area contributed by atoms with Gasteiger partial charge in [-0.2, -0.15) is 0 Å². The van der Waals surface area contributed by atoms with Crippen LogP contribution in [0.15, 0.2) is 0 Å². The summed E-state index contributed by atoms with van der Waals surface area (Å²) in [6.07, 6.45) is 0. The van der Waals surface area contributed by atoms with Crippen LogP contribution in [0.3, 0.4) is 0 Å². The summed E-state index contributed by atoms with van der Waals surface area (Å²) in [5.41, 5.74) is 0. The Kier molecular flexibility index (Phi) is 2.96. The van der Waals surface area contributed by atoms with Crippen LogP contribution >= 0.6 is 23.2 Å². The van der Waals surface area contributed by atoms with Crippen LogP contribution in [0.4, 0.5) is 0 Å². The number of nitrogens with one attached hydrogen (secondary N) is 1. The van der Waals surface area contributed by atoms with Gasteiger partial charge in [-0.25, -0.2) is 0 Å². The Morgan fingerprint density at radius 3 is 2.14 bits per heavy atom. The predicted molar refractivity (Wildman–Crippen MR) is 29.3 cm³/mol. The highest BCUT2D eigenvalue weighted by Crippen LogP contribution is 1.85. The molecule has 0 radical (unpaired) electrons. The standard InChI is InChI=1S/C3H3Cl2NO/c4-1-2(7)3(5)6/h6H,1H2. The molecule has 2 nitrogen and oxygen atoms in total. The summed E-state index contributed by atoms with van der Waals surface area (Å²) in [7, 11) is 0. The van der Waals surface area contributed by atoms with Crippen molar-refractivity contribution in [2.45, 2.75) is 0 Å². The van der Waals surface area contributed by atoms with Gasteiger partial charge >= 0.3 is 0 Å². The van der Waals surface area contributed by atoms with Gasteiger partial charge in [0, 0.05) is 0 Å². The number of Topliss-reactive ketones (excluding diaryl/α,β-unsaturated/α-hetero) is 1. The van der Waals surface area contributed by atoms with E-state index in [1.54, 1.807) is 0 Å². The van der Waals surface area contributed by atoms with Crippen molar-refractivity contribution in [2.75, 3.05) is 5.88 Å². The summed E-state index contributed by atoms with van der Waals surface area (Å²) in [6.45, 7) is 0. The molecule has 0 aliphatic rings. The molecule has 0 saturated carbocycles. The molecular formula is C3H3Cl2NO. The van der Waals surface area contributed by atoms with E-state index in [0.717, 1.165) is 0 Å². The fourth-order valence-corrected chi connectivity index (χ4v) is 0.328. The molecular weight excluding hydrogens is 137 g/mol. The summed E-state index contributed by atoms with van der Waals surface area (Å²) < 4.78 is 0. The highest BCUT2D eigenvalue weighted by atomic mass is 35.5. The van der Waals surface area contributed by atoms with Crippen LogP contribution in [-0.4, -0.2) is 16.8 Å². The number of alkyl halides is 1. The molecule has 0 aliphatic carbocycles. The lowest BCUT2D eigenvalue weighted by Gasteiger charge is -1.81. The molecule has 7 heavy (non-hydrogen) atoms. The highest BCUT2D eigenvalue weighted by Gasteiger charge is 2.00. The Morgan fingerprint density at radius 1 is 1.71 bits per heavy atom. The zero-order chi connectivity index (χ0) is 5.86. The fraction of sp³-hybridized carbons (Fsp3) is 0.333. The summed E-state index contributed by atoms with van der Waals surface area (Å²) in [4.78, 5) is 10.0. The van der Waals surface area contributed by atoms with Crippen LogP contribution in [0.5, 0.6) is 0 Å². The van der Waals surface area contributed by atoms with Gasteiger partial charge in [0.25, 0.3) is 0 Å². The first-order valence-corrected chi connectivity index (χ1v) is 2.43. The highest BCUT2D eigenvalue weighted by molar-refractivity contribution is 6.83. The second-order valence-electron chi connectivity index (χ2n) is 0.871. The topological polar surface area (TPSA) is 40.9 Å². The van der Waals surface area contributed by atoms with E-state index < -0.39 is 11.0 Å². The molecule has 40 valence electrons. The van der Waals surface area contributed by atoms with E-state index in [0.29, 0.717) is 0 Å². The number of rotatable bonds is 2. The Morgan fingerprint density at radius 2 is 2.14 bits per heavy atom. The van der Waals surface area contributed by atoms with Crippen LogP contribution < -0.4 is 0 Å². The first kappa shape index (κ1) is 6.92. The summed E-state index contributed by atoms with van der Waals surface area (Å²) in [6, 6.07) is 0. The molecule has 1 N–H and O–H groups in total. The maximum absolute atomic E-state index is 10.0. The fourth-order valence-electron chi connectivity index (χ4n) is 0.0587. The van der Waals surface area contributed by atoms with Crippen LogP contribution in [-0.2, 0) is 4.79 Å². The number of halogens is 2. The zero-order valence-electron chi connectivity index (χ0n) is 3.37. The first-order valence-electron chi connectivity index (χ1n) is 1.51. The zero-order valence-corrected chi connectivity index (χ0v) is 4.88. The lowest BCUT2D eigenvalue weighted by molar-refractivity contribution is -0.110. The summed E-state index contributed by atoms with van der Waals surface area (Å²) >= 11 is 9.85. The van der Waals surface area contributed by atoms with E-state index in [9.17, 15) is 4.79 Å². The van der Waals surface area contributed by atoms with Crippen molar-refractivity contribution in [1.29, 1.82) is 5.41 Å². The minimum atomic E-state index is -0.539. The van der Waals surface area contributed by atoms with E-state index in [1.807, 2.05) is 0 Å². The van der Waals surface area contributed by atoms with E-state index >= 15 is 0 Å². The second-order valence-corrected chi connectivity index (χ2v) is 1.52. The van der Waals surface area contributed by atoms with Crippen LogP contribution in [0.25, 0.3) is 0 Å². The lowest BCUT2D eigenvalue weighted by Crippen LogP contribution is -2.06. The molecule has 0 heterocycles. The van der Waals surface area contributed by atoms with Crippen molar-refractivity contribution < 1.29 is 4.79 Å². The third-order valence-corrected chi connectivity index (χ3v) is 0.820. The molecule has 0 saturated heterocycles. The Hall–Kier alpha value is -0.0800. The molecule has 0 aromatic carbocycles. The Labute approximate surface area is 50.9 Å². The molecule has 0 aromatic heterocycles. The van der Waals surface area contributed by atoms with E-state index in [4.69, 9.17) is 28.6 Å². The van der Waals surface area contributed by atoms with Gasteiger partial charge < -0.3 is 0 Å². The Balaban J connectivity index is 3.58. The number of carbonyl (C=O) groups excluding carboxylic acids is 1. The third kappa shape index (κ3) is 2.60. The van der Waals surface area contributed by atoms with Crippen LogP contribution in [0.1, 0.15) is 0 Å². The molecule has 0 spiro atoms. The largest absolute Gasteiger partial charge is 0.290 e. The number of ketones is 1. The SMILES string of the molecule is N=C(Cl)C(=O)CCl. The van der Waals surface area contributed by atoms with Crippen LogP contribution in [0.2, 0.25) is 0 Å². The molecule has 0 aromatic rings. The molecule has 0 bridgehead atoms. The smallest absolute Gasteiger partial charge is 0.206 e. The first-order chi connectivity index (χ1) is 3.18. The van der Waals surface area contributed by atoms with Gasteiger partial charge in [-0.15, -0.1) is 11.6 Å². The maximum Gasteiger partial charge on any atom is 0.206 e. The van der Waals surface area contributed by atoms with Gasteiger partial charge in [0.15, 0.2) is 5.17 Å². The normalized spacial score (nSPS) is 8.29. The Bertz CT molecular complexity index is 101. The molecule has 4 heteroatoms. The number of hydrogen-bond donors (Lipinski definition) is 1. The van der Waals surface area contributed by atoms with Crippen molar-refractivity contribution in [2.24, 2.45) is 0 Å². The van der Waals surface area contributed by atoms with Gasteiger partial charge in [-0.05, 0) is 0 Å². The monoisotopic (exact) mass is 139 g/mol. The molecule has 0 rings (SSSR count). The van der Waals surface area contributed by atoms with Gasteiger partial charge in [0.2, 0.25) is 5.78 Å². The lowest BCUT2D eigenvalue weighted by atomic mass is 10.5. The van der Waals surface area contributed by atoms with Crippen LogP contribution in [0, 0.1) is 5.41 Å². The molecule has 0 aliphatic heterocycles. The molecule has 0 atom stereocenters. The van der Waals surface area contributed by atoms with Gasteiger partial charge in [-0.1, -0.05) is 11.6 Å². The molecule has 0 unspecified atom stereocenters. The summed E-state index contributed by atoms with van der Waals surface area (Å²) in [5.74, 6) is -0.745. The summed E-state index contributed by atoms with van der Waals surface area (Å²) in [5, 5.41) is 5.93. The quantitative estimate of drug-likeness (QED) is 0.451. The predicted octanol–water partition coefficient (Wildman–Crippen LogP) is 1.01. The average molecular weight is 140 g/mol. The minimum Gasteiger partial charge on any atom is -0.290 e. The van der Waals surface area contributed by atoms with Crippen molar-refractivity contribution in [3.05, 3.63) is 0 Å². The van der Waals surface area contributed by atoms with E-state index in [1.165, 1.54) is 0 Å². The van der Waals surface area contributed by atoms with Crippen molar-refractivity contribution in [3.8, 4) is 0 Å². The van der Waals surface area contributed by atoms with Crippen molar-refractivity contribution in [1.82, 2.24) is 0 Å². The second kappa shape index (κ2) is 2.99. The molecule has 0 amide bonds. The molecule has 0 fully saturated rings. The van der Waals surface area contributed by atoms with Gasteiger partial charge in [0.05, 0.1) is 5.88 Å². The minimum absolute atomic E-state index is 0.206. The number of carbonyl (C=O) groups is 1. The maximum atomic E-state index is 10.0. The van der Waals surface area contributed by atoms with Crippen molar-refractivity contribution >= 4 is 34.2 Å². The van der Waals surface area contributed by atoms with Gasteiger partial charge in [-0.3, -0.25) is 10.2 Å². The van der Waals surface area contributed by atoms with E-state index in [-0.39, 0.29) is 5.88 Å². The third-order valence-electron chi connectivity index (χ3n) is 0.366. The average Bonchev–Trinajstić information content (AvgIpc) is 1.65. The van der Waals surface area contributed by atoms with Crippen molar-refractivity contribution in [3.63, 3.8) is 0 Å².